The van der Waals surface area contributed by atoms with Crippen LogP contribution in [0.15, 0.2) is 42.7 Å². The fourth-order valence-electron chi connectivity index (χ4n) is 3.09. The Morgan fingerprint density at radius 2 is 1.88 bits per heavy atom. The smallest absolute Gasteiger partial charge is 0.242 e. The Morgan fingerprint density at radius 1 is 1.17 bits per heavy atom. The Bertz CT molecular complexity index is 661. The highest BCUT2D eigenvalue weighted by atomic mass is 16.2. The molecule has 1 N–H and O–H groups in total. The molecule has 1 saturated heterocycles. The second-order valence-electron chi connectivity index (χ2n) is 6.39. The van der Waals surface area contributed by atoms with E-state index in [9.17, 15) is 4.79 Å². The molecule has 24 heavy (non-hydrogen) atoms. The summed E-state index contributed by atoms with van der Waals surface area (Å²) < 4.78 is 1.75. The van der Waals surface area contributed by atoms with Gasteiger partial charge in [-0.2, -0.15) is 5.10 Å². The maximum atomic E-state index is 12.9. The van der Waals surface area contributed by atoms with Crippen LogP contribution in [0.4, 0.5) is 0 Å². The van der Waals surface area contributed by atoms with Crippen LogP contribution in [0.2, 0.25) is 0 Å². The third kappa shape index (κ3) is 4.01. The molecular weight excluding hydrogens is 302 g/mol. The normalized spacial score (nSPS) is 17.6. The van der Waals surface area contributed by atoms with Gasteiger partial charge in [0.25, 0.3) is 0 Å². The molecule has 0 unspecified atom stereocenters. The van der Waals surface area contributed by atoms with E-state index in [-0.39, 0.29) is 11.9 Å². The van der Waals surface area contributed by atoms with Crippen LogP contribution in [0.5, 0.6) is 0 Å². The van der Waals surface area contributed by atoms with Crippen molar-refractivity contribution in [3.05, 3.63) is 53.9 Å². The van der Waals surface area contributed by atoms with Crippen molar-refractivity contribution in [3.8, 4) is 0 Å². The number of likely N-dealkylation sites (N-methyl/N-ethyl adjacent to an activating group) is 1. The summed E-state index contributed by atoms with van der Waals surface area (Å²) in [6.07, 6.45) is 3.71. The van der Waals surface area contributed by atoms with E-state index in [1.807, 2.05) is 43.6 Å². The number of carbonyl (C=O) groups is 1. The lowest BCUT2D eigenvalue weighted by atomic mass is 10.0. The Balaban J connectivity index is 1.72. The molecule has 1 aromatic carbocycles. The highest BCUT2D eigenvalue weighted by molar-refractivity contribution is 5.83. The first-order valence-electron chi connectivity index (χ1n) is 8.36. The van der Waals surface area contributed by atoms with Crippen LogP contribution in [0.1, 0.15) is 17.2 Å². The number of rotatable bonds is 5. The van der Waals surface area contributed by atoms with Crippen molar-refractivity contribution in [1.29, 1.82) is 0 Å². The monoisotopic (exact) mass is 327 g/mol. The molecule has 0 aliphatic carbocycles. The molecule has 128 valence electrons. The van der Waals surface area contributed by atoms with Gasteiger partial charge in [-0.3, -0.25) is 14.4 Å². The van der Waals surface area contributed by atoms with Gasteiger partial charge in [0.15, 0.2) is 0 Å². The molecule has 0 saturated carbocycles. The number of piperazine rings is 1. The van der Waals surface area contributed by atoms with E-state index in [2.05, 4.69) is 27.3 Å². The minimum Gasteiger partial charge on any atom is -0.350 e. The first-order chi connectivity index (χ1) is 11.6. The molecule has 2 heterocycles. The predicted octanol–water partition coefficient (Wildman–Crippen LogP) is 1.03. The number of hydrogen-bond acceptors (Lipinski definition) is 4. The first-order valence-corrected chi connectivity index (χ1v) is 8.36. The third-order valence-corrected chi connectivity index (χ3v) is 4.49. The molecule has 0 radical (unpaired) electrons. The first kappa shape index (κ1) is 16.7. The van der Waals surface area contributed by atoms with Crippen LogP contribution in [0.25, 0.3) is 0 Å². The van der Waals surface area contributed by atoms with E-state index in [1.54, 1.807) is 10.9 Å². The number of aryl methyl sites for hydroxylation is 1. The minimum atomic E-state index is -0.239. The van der Waals surface area contributed by atoms with Gasteiger partial charge in [0.05, 0.1) is 6.20 Å². The molecule has 6 nitrogen and oxygen atoms in total. The Labute approximate surface area is 143 Å². The Kier molecular flexibility index (Phi) is 5.27. The summed E-state index contributed by atoms with van der Waals surface area (Å²) in [6, 6.07) is 9.80. The summed E-state index contributed by atoms with van der Waals surface area (Å²) in [5.41, 5.74) is 2.06. The Hall–Kier alpha value is -2.18. The van der Waals surface area contributed by atoms with E-state index in [4.69, 9.17) is 0 Å². The average molecular weight is 327 g/mol. The summed E-state index contributed by atoms with van der Waals surface area (Å²) in [5, 5.41) is 7.22. The van der Waals surface area contributed by atoms with Gasteiger partial charge in [0.2, 0.25) is 5.91 Å². The number of nitrogens with zero attached hydrogens (tertiary/aromatic N) is 4. The van der Waals surface area contributed by atoms with Gasteiger partial charge < -0.3 is 10.2 Å². The van der Waals surface area contributed by atoms with Gasteiger partial charge in [0.1, 0.15) is 6.04 Å². The molecule has 1 fully saturated rings. The second kappa shape index (κ2) is 7.59. The lowest BCUT2D eigenvalue weighted by Crippen LogP contribution is -2.49. The highest BCUT2D eigenvalue weighted by Gasteiger charge is 2.29. The molecule has 1 amide bonds. The van der Waals surface area contributed by atoms with Crippen molar-refractivity contribution in [2.45, 2.75) is 12.6 Å². The fraction of sp³-hybridized carbons (Fsp3) is 0.444. The van der Waals surface area contributed by atoms with Crippen LogP contribution in [-0.2, 0) is 18.4 Å². The summed E-state index contributed by atoms with van der Waals surface area (Å²) in [7, 11) is 4.00. The van der Waals surface area contributed by atoms with Gasteiger partial charge in [-0.25, -0.2) is 0 Å². The van der Waals surface area contributed by atoms with Crippen LogP contribution in [-0.4, -0.2) is 58.7 Å². The van der Waals surface area contributed by atoms with Gasteiger partial charge in [-0.15, -0.1) is 0 Å². The molecule has 1 aromatic heterocycles. The zero-order valence-electron chi connectivity index (χ0n) is 14.4. The van der Waals surface area contributed by atoms with Gasteiger partial charge in [-0.05, 0) is 12.6 Å². The molecule has 0 bridgehead atoms. The largest absolute Gasteiger partial charge is 0.350 e. The molecule has 0 spiro atoms. The Morgan fingerprint density at radius 3 is 2.50 bits per heavy atom. The minimum absolute atomic E-state index is 0.0506. The fourth-order valence-corrected chi connectivity index (χ4v) is 3.09. The number of amides is 1. The zero-order valence-corrected chi connectivity index (χ0v) is 14.4. The second-order valence-corrected chi connectivity index (χ2v) is 6.39. The maximum Gasteiger partial charge on any atom is 0.242 e. The summed E-state index contributed by atoms with van der Waals surface area (Å²) in [6.45, 7) is 4.27. The molecule has 1 aliphatic heterocycles. The van der Waals surface area contributed by atoms with Crippen molar-refractivity contribution < 1.29 is 4.79 Å². The predicted molar refractivity (Wildman–Crippen MR) is 93.3 cm³/mol. The van der Waals surface area contributed by atoms with E-state index in [1.165, 1.54) is 0 Å². The van der Waals surface area contributed by atoms with E-state index in [0.717, 1.165) is 37.3 Å². The van der Waals surface area contributed by atoms with Crippen LogP contribution >= 0.6 is 0 Å². The van der Waals surface area contributed by atoms with Crippen molar-refractivity contribution in [3.63, 3.8) is 0 Å². The number of hydrogen-bond donors (Lipinski definition) is 1. The lowest BCUT2D eigenvalue weighted by Gasteiger charge is -2.37. The average Bonchev–Trinajstić information content (AvgIpc) is 3.01. The van der Waals surface area contributed by atoms with Crippen molar-refractivity contribution in [1.82, 2.24) is 24.9 Å². The van der Waals surface area contributed by atoms with Crippen molar-refractivity contribution >= 4 is 5.91 Å². The zero-order chi connectivity index (χ0) is 16.9. The molecular formula is C18H25N5O. The number of aromatic nitrogens is 2. The summed E-state index contributed by atoms with van der Waals surface area (Å²) in [4.78, 5) is 17.5. The van der Waals surface area contributed by atoms with Gasteiger partial charge in [0, 0.05) is 51.5 Å². The van der Waals surface area contributed by atoms with Crippen LogP contribution in [0, 0.1) is 0 Å². The molecule has 1 aliphatic rings. The van der Waals surface area contributed by atoms with Crippen LogP contribution < -0.4 is 5.32 Å². The molecule has 3 rings (SSSR count). The summed E-state index contributed by atoms with van der Waals surface area (Å²) in [5.74, 6) is 0.0506. The number of carbonyl (C=O) groups excluding carboxylic acids is 1. The molecule has 1 atom stereocenters. The molecule has 2 aromatic rings. The summed E-state index contributed by atoms with van der Waals surface area (Å²) >= 11 is 0. The van der Waals surface area contributed by atoms with Crippen molar-refractivity contribution in [2.24, 2.45) is 7.05 Å². The SMILES string of the molecule is CN1CCN([C@H](C(=O)NCc2cnn(C)c2)c2ccccc2)CC1. The van der Waals surface area contributed by atoms with E-state index >= 15 is 0 Å². The quantitative estimate of drug-likeness (QED) is 0.891. The molecule has 6 heteroatoms. The number of benzene rings is 1. The van der Waals surface area contributed by atoms with E-state index in [0.29, 0.717) is 6.54 Å². The third-order valence-electron chi connectivity index (χ3n) is 4.49. The van der Waals surface area contributed by atoms with Crippen molar-refractivity contribution in [2.75, 3.05) is 33.2 Å². The number of nitrogens with one attached hydrogen (secondary N) is 1. The lowest BCUT2D eigenvalue weighted by molar-refractivity contribution is -0.127. The van der Waals surface area contributed by atoms with Crippen LogP contribution in [0.3, 0.4) is 0 Å². The van der Waals surface area contributed by atoms with Gasteiger partial charge >= 0.3 is 0 Å². The topological polar surface area (TPSA) is 53.4 Å². The standard InChI is InChI=1S/C18H25N5O/c1-21-8-10-23(11-9-21)17(16-6-4-3-5-7-16)18(24)19-12-15-13-20-22(2)14-15/h3-7,13-14,17H,8-12H2,1-2H3,(H,19,24)/t17-/m0/s1. The van der Waals surface area contributed by atoms with Gasteiger partial charge in [-0.1, -0.05) is 30.3 Å². The maximum absolute atomic E-state index is 12.9. The van der Waals surface area contributed by atoms with E-state index < -0.39 is 0 Å². The highest BCUT2D eigenvalue weighted by Crippen LogP contribution is 2.22.